The van der Waals surface area contributed by atoms with Gasteiger partial charge in [0.25, 0.3) is 0 Å². The number of aromatic nitrogens is 1. The molecule has 1 N–H and O–H groups in total. The second-order valence-electron chi connectivity index (χ2n) is 6.81. The molecular weight excluding hydrogens is 270 g/mol. The van der Waals surface area contributed by atoms with E-state index in [-0.39, 0.29) is 0 Å². The second kappa shape index (κ2) is 6.35. The van der Waals surface area contributed by atoms with Crippen molar-refractivity contribution < 1.29 is 0 Å². The molecule has 1 atom stereocenters. The van der Waals surface area contributed by atoms with Gasteiger partial charge in [-0.3, -0.25) is 9.88 Å². The van der Waals surface area contributed by atoms with Gasteiger partial charge in [0.1, 0.15) is 0 Å². The summed E-state index contributed by atoms with van der Waals surface area (Å²) in [6.07, 6.45) is 5.43. The van der Waals surface area contributed by atoms with Crippen LogP contribution < -0.4 is 5.32 Å². The highest BCUT2D eigenvalue weighted by atomic mass is 15.1. The smallest absolute Gasteiger partial charge is 0.0705 e. The van der Waals surface area contributed by atoms with E-state index < -0.39 is 0 Å². The number of hydrogen-bond acceptors (Lipinski definition) is 3. The van der Waals surface area contributed by atoms with E-state index in [4.69, 9.17) is 4.98 Å². The minimum atomic E-state index is 0.793. The molecule has 3 heteroatoms. The maximum atomic E-state index is 4.81. The Morgan fingerprint density at radius 2 is 1.91 bits per heavy atom. The molecule has 3 heterocycles. The molecule has 0 amide bonds. The molecule has 116 valence electrons. The number of nitrogens with zero attached hydrogens (tertiary/aromatic N) is 2. The van der Waals surface area contributed by atoms with Gasteiger partial charge in [0.15, 0.2) is 0 Å². The molecule has 4 rings (SSSR count). The van der Waals surface area contributed by atoms with Crippen LogP contribution in [0.1, 0.15) is 31.4 Å². The molecule has 2 aliphatic rings. The van der Waals surface area contributed by atoms with Crippen LogP contribution in [0.2, 0.25) is 0 Å². The molecule has 1 unspecified atom stereocenters. The lowest BCUT2D eigenvalue weighted by Gasteiger charge is -2.34. The Balaban J connectivity index is 1.37. The Labute approximate surface area is 132 Å². The third-order valence-electron chi connectivity index (χ3n) is 5.34. The summed E-state index contributed by atoms with van der Waals surface area (Å²) in [5, 5.41) is 4.91. The van der Waals surface area contributed by atoms with Gasteiger partial charge in [0.05, 0.1) is 11.2 Å². The molecule has 0 saturated carbocycles. The van der Waals surface area contributed by atoms with Gasteiger partial charge >= 0.3 is 0 Å². The Morgan fingerprint density at radius 1 is 1.05 bits per heavy atom. The van der Waals surface area contributed by atoms with Gasteiger partial charge in [-0.05, 0) is 63.4 Å². The van der Waals surface area contributed by atoms with Crippen LogP contribution in [0.15, 0.2) is 36.4 Å². The molecule has 1 aromatic carbocycles. The van der Waals surface area contributed by atoms with Crippen molar-refractivity contribution in [3.8, 4) is 0 Å². The molecule has 0 spiro atoms. The van der Waals surface area contributed by atoms with Crippen molar-refractivity contribution in [3.63, 3.8) is 0 Å². The van der Waals surface area contributed by atoms with E-state index in [1.54, 1.807) is 0 Å². The van der Waals surface area contributed by atoms with Crippen LogP contribution in [0.4, 0.5) is 0 Å². The average Bonchev–Trinajstić information content (AvgIpc) is 3.10. The van der Waals surface area contributed by atoms with Crippen molar-refractivity contribution in [1.82, 2.24) is 15.2 Å². The number of para-hydroxylation sites is 1. The predicted molar refractivity (Wildman–Crippen MR) is 90.8 cm³/mol. The van der Waals surface area contributed by atoms with Gasteiger partial charge in [-0.1, -0.05) is 24.3 Å². The first-order valence-electron chi connectivity index (χ1n) is 8.69. The Hall–Kier alpha value is -1.45. The first-order chi connectivity index (χ1) is 10.9. The first-order valence-corrected chi connectivity index (χ1v) is 8.69. The molecular formula is C19H25N3. The van der Waals surface area contributed by atoms with E-state index in [1.165, 1.54) is 56.4 Å². The summed E-state index contributed by atoms with van der Waals surface area (Å²) in [6, 6.07) is 13.6. The van der Waals surface area contributed by atoms with Gasteiger partial charge in [-0.2, -0.15) is 0 Å². The van der Waals surface area contributed by atoms with E-state index in [0.29, 0.717) is 0 Å². The second-order valence-corrected chi connectivity index (χ2v) is 6.81. The highest BCUT2D eigenvalue weighted by Crippen LogP contribution is 2.26. The molecule has 0 aliphatic carbocycles. The number of fused-ring (bicyclic) bond motifs is 1. The van der Waals surface area contributed by atoms with Crippen molar-refractivity contribution in [2.45, 2.75) is 38.3 Å². The summed E-state index contributed by atoms with van der Waals surface area (Å²) >= 11 is 0. The van der Waals surface area contributed by atoms with Gasteiger partial charge in [-0.15, -0.1) is 0 Å². The van der Waals surface area contributed by atoms with Crippen molar-refractivity contribution in [3.05, 3.63) is 42.1 Å². The number of hydrogen-bond donors (Lipinski definition) is 1. The zero-order valence-corrected chi connectivity index (χ0v) is 13.2. The van der Waals surface area contributed by atoms with E-state index >= 15 is 0 Å². The van der Waals surface area contributed by atoms with Crippen LogP contribution in [0, 0.1) is 5.92 Å². The normalized spacial score (nSPS) is 24.1. The molecule has 2 fully saturated rings. The summed E-state index contributed by atoms with van der Waals surface area (Å²) < 4.78 is 0. The van der Waals surface area contributed by atoms with Gasteiger partial charge in [0, 0.05) is 18.0 Å². The summed E-state index contributed by atoms with van der Waals surface area (Å²) in [6.45, 7) is 4.66. The fourth-order valence-corrected chi connectivity index (χ4v) is 4.05. The maximum absolute atomic E-state index is 4.81. The number of rotatable bonds is 3. The number of pyridine rings is 1. The first kappa shape index (κ1) is 14.2. The van der Waals surface area contributed by atoms with Crippen LogP contribution in [-0.4, -0.2) is 35.6 Å². The van der Waals surface area contributed by atoms with Crippen LogP contribution in [0.3, 0.4) is 0 Å². The van der Waals surface area contributed by atoms with Crippen molar-refractivity contribution >= 4 is 10.9 Å². The fraction of sp³-hybridized carbons (Fsp3) is 0.526. The van der Waals surface area contributed by atoms with Gasteiger partial charge in [-0.25, -0.2) is 0 Å². The zero-order valence-electron chi connectivity index (χ0n) is 13.2. The van der Waals surface area contributed by atoms with E-state index in [0.717, 1.165) is 24.0 Å². The summed E-state index contributed by atoms with van der Waals surface area (Å²) in [7, 11) is 0. The SMILES string of the molecule is c1ccc2nc(CN3CCC(C4CCCN4)CC3)ccc2c1. The summed E-state index contributed by atoms with van der Waals surface area (Å²) in [4.78, 5) is 7.38. The largest absolute Gasteiger partial charge is 0.314 e. The highest BCUT2D eigenvalue weighted by Gasteiger charge is 2.28. The van der Waals surface area contributed by atoms with E-state index in [1.807, 2.05) is 0 Å². The monoisotopic (exact) mass is 295 g/mol. The van der Waals surface area contributed by atoms with Gasteiger partial charge < -0.3 is 5.32 Å². The predicted octanol–water partition coefficient (Wildman–Crippen LogP) is 3.20. The minimum Gasteiger partial charge on any atom is -0.314 e. The van der Waals surface area contributed by atoms with Gasteiger partial charge in [0.2, 0.25) is 0 Å². The quantitative estimate of drug-likeness (QED) is 0.942. The fourth-order valence-electron chi connectivity index (χ4n) is 4.05. The van der Waals surface area contributed by atoms with E-state index in [2.05, 4.69) is 46.6 Å². The van der Waals surface area contributed by atoms with Crippen LogP contribution >= 0.6 is 0 Å². The Bertz CT molecular complexity index is 625. The minimum absolute atomic E-state index is 0.793. The lowest BCUT2D eigenvalue weighted by Crippen LogP contribution is -2.40. The molecule has 0 radical (unpaired) electrons. The highest BCUT2D eigenvalue weighted by molar-refractivity contribution is 5.78. The topological polar surface area (TPSA) is 28.2 Å². The molecule has 2 aromatic rings. The van der Waals surface area contributed by atoms with Crippen LogP contribution in [-0.2, 0) is 6.54 Å². The molecule has 22 heavy (non-hydrogen) atoms. The lowest BCUT2D eigenvalue weighted by molar-refractivity contribution is 0.156. The molecule has 0 bridgehead atoms. The average molecular weight is 295 g/mol. The number of benzene rings is 1. The molecule has 1 aromatic heterocycles. The van der Waals surface area contributed by atoms with Crippen molar-refractivity contribution in [1.29, 1.82) is 0 Å². The van der Waals surface area contributed by atoms with Crippen molar-refractivity contribution in [2.75, 3.05) is 19.6 Å². The molecule has 2 saturated heterocycles. The van der Waals surface area contributed by atoms with E-state index in [9.17, 15) is 0 Å². The third-order valence-corrected chi connectivity index (χ3v) is 5.34. The molecule has 2 aliphatic heterocycles. The van der Waals surface area contributed by atoms with Crippen LogP contribution in [0.5, 0.6) is 0 Å². The third kappa shape index (κ3) is 3.01. The Morgan fingerprint density at radius 3 is 2.73 bits per heavy atom. The Kier molecular flexibility index (Phi) is 4.09. The van der Waals surface area contributed by atoms with Crippen LogP contribution in [0.25, 0.3) is 10.9 Å². The summed E-state index contributed by atoms with van der Waals surface area (Å²) in [5.74, 6) is 0.892. The number of piperidine rings is 1. The lowest BCUT2D eigenvalue weighted by atomic mass is 9.88. The summed E-state index contributed by atoms with van der Waals surface area (Å²) in [5.41, 5.74) is 2.32. The molecule has 3 nitrogen and oxygen atoms in total. The number of nitrogens with one attached hydrogen (secondary N) is 1. The standard InChI is InChI=1S/C19H25N3/c1-2-5-19-15(4-1)7-8-17(21-19)14-22-12-9-16(10-13-22)18-6-3-11-20-18/h1-2,4-5,7-8,16,18,20H,3,6,9-14H2. The maximum Gasteiger partial charge on any atom is 0.0705 e. The number of likely N-dealkylation sites (tertiary alicyclic amines) is 1. The van der Waals surface area contributed by atoms with Crippen molar-refractivity contribution in [2.24, 2.45) is 5.92 Å². The zero-order chi connectivity index (χ0) is 14.8.